The molecule has 0 aliphatic rings. The third-order valence-electron chi connectivity index (χ3n) is 1.98. The minimum Gasteiger partial charge on any atom is -0.329 e. The van der Waals surface area contributed by atoms with Gasteiger partial charge in [-0.05, 0) is 24.6 Å². The summed E-state index contributed by atoms with van der Waals surface area (Å²) in [5.41, 5.74) is 6.14. The zero-order valence-corrected chi connectivity index (χ0v) is 9.71. The molecule has 16 heavy (non-hydrogen) atoms. The average Bonchev–Trinajstić information content (AvgIpc) is 2.26. The molecule has 0 atom stereocenters. The second-order valence-corrected chi connectivity index (χ2v) is 5.03. The van der Waals surface area contributed by atoms with E-state index in [1.807, 2.05) is 6.07 Å². The zero-order chi connectivity index (χ0) is 12.2. The van der Waals surface area contributed by atoms with Crippen LogP contribution < -0.4 is 10.5 Å². The monoisotopic (exact) mass is 239 g/mol. The minimum absolute atomic E-state index is 0.00319. The van der Waals surface area contributed by atoms with Crippen molar-refractivity contribution in [2.75, 3.05) is 13.1 Å². The molecule has 1 aromatic rings. The van der Waals surface area contributed by atoms with Gasteiger partial charge in [0.05, 0.1) is 10.5 Å². The first-order valence-corrected chi connectivity index (χ1v) is 6.20. The van der Waals surface area contributed by atoms with Gasteiger partial charge in [-0.2, -0.15) is 5.26 Å². The van der Waals surface area contributed by atoms with Crippen molar-refractivity contribution in [2.24, 2.45) is 5.73 Å². The number of nitrogens with one attached hydrogen (secondary N) is 1. The largest absolute Gasteiger partial charge is 0.329 e. The molecule has 0 saturated carbocycles. The molecule has 3 N–H and O–H groups in total. The van der Waals surface area contributed by atoms with E-state index >= 15 is 0 Å². The molecule has 0 saturated heterocycles. The van der Waals surface area contributed by atoms with Crippen LogP contribution in [0.25, 0.3) is 0 Å². The van der Waals surface area contributed by atoms with Crippen molar-refractivity contribution in [3.8, 4) is 6.07 Å². The first-order valence-electron chi connectivity index (χ1n) is 4.72. The minimum atomic E-state index is -3.64. The van der Waals surface area contributed by atoms with E-state index in [1.54, 1.807) is 13.0 Å². The second-order valence-electron chi connectivity index (χ2n) is 3.30. The van der Waals surface area contributed by atoms with Gasteiger partial charge in [0.25, 0.3) is 0 Å². The number of rotatable bonds is 4. The summed E-state index contributed by atoms with van der Waals surface area (Å²) >= 11 is 0. The lowest BCUT2D eigenvalue weighted by Crippen LogP contribution is -2.29. The van der Waals surface area contributed by atoms with Gasteiger partial charge in [0, 0.05) is 13.1 Å². The molecule has 0 aliphatic heterocycles. The van der Waals surface area contributed by atoms with Gasteiger partial charge in [-0.25, -0.2) is 13.1 Å². The van der Waals surface area contributed by atoms with E-state index in [4.69, 9.17) is 11.0 Å². The molecule has 0 aromatic heterocycles. The smallest absolute Gasteiger partial charge is 0.241 e. The summed E-state index contributed by atoms with van der Waals surface area (Å²) in [6, 6.07) is 6.51. The molecule has 5 nitrogen and oxygen atoms in total. The third kappa shape index (κ3) is 2.79. The summed E-state index contributed by atoms with van der Waals surface area (Å²) in [5, 5.41) is 8.83. The van der Waals surface area contributed by atoms with Crippen LogP contribution in [0.2, 0.25) is 0 Å². The highest BCUT2D eigenvalue weighted by molar-refractivity contribution is 7.89. The SMILES string of the molecule is Cc1ccc(C#N)c(S(=O)(=O)NCCN)c1. The number of nitrogens with two attached hydrogens (primary N) is 1. The normalized spacial score (nSPS) is 11.1. The van der Waals surface area contributed by atoms with E-state index in [0.29, 0.717) is 0 Å². The highest BCUT2D eigenvalue weighted by Gasteiger charge is 2.17. The van der Waals surface area contributed by atoms with Crippen LogP contribution in [-0.2, 0) is 10.0 Å². The number of hydrogen-bond acceptors (Lipinski definition) is 4. The Hall–Kier alpha value is -1.42. The molecule has 0 radical (unpaired) electrons. The molecule has 0 spiro atoms. The van der Waals surface area contributed by atoms with Crippen molar-refractivity contribution < 1.29 is 8.42 Å². The standard InChI is InChI=1S/C10H13N3O2S/c1-8-2-3-9(7-12)10(6-8)16(14,15)13-5-4-11/h2-3,6,13H,4-5,11H2,1H3. The van der Waals surface area contributed by atoms with E-state index in [-0.39, 0.29) is 23.5 Å². The van der Waals surface area contributed by atoms with E-state index in [1.165, 1.54) is 12.1 Å². The fourth-order valence-corrected chi connectivity index (χ4v) is 2.50. The highest BCUT2D eigenvalue weighted by atomic mass is 32.2. The van der Waals surface area contributed by atoms with Gasteiger partial charge in [0.1, 0.15) is 6.07 Å². The van der Waals surface area contributed by atoms with Gasteiger partial charge in [-0.3, -0.25) is 0 Å². The van der Waals surface area contributed by atoms with Gasteiger partial charge in [-0.15, -0.1) is 0 Å². The molecule has 6 heteroatoms. The maximum Gasteiger partial charge on any atom is 0.241 e. The van der Waals surface area contributed by atoms with Gasteiger partial charge in [0.2, 0.25) is 10.0 Å². The molecular weight excluding hydrogens is 226 g/mol. The molecule has 0 unspecified atom stereocenters. The Kier molecular flexibility index (Phi) is 4.01. The van der Waals surface area contributed by atoms with Crippen LogP contribution in [-0.4, -0.2) is 21.5 Å². The summed E-state index contributed by atoms with van der Waals surface area (Å²) in [7, 11) is -3.64. The average molecular weight is 239 g/mol. The van der Waals surface area contributed by atoms with Gasteiger partial charge in [-0.1, -0.05) is 6.07 Å². The van der Waals surface area contributed by atoms with Crippen molar-refractivity contribution in [3.63, 3.8) is 0 Å². The third-order valence-corrected chi connectivity index (χ3v) is 3.48. The number of aryl methyl sites for hydroxylation is 1. The predicted octanol–water partition coefficient (Wildman–Crippen LogP) is 0.104. The molecule has 1 aromatic carbocycles. The lowest BCUT2D eigenvalue weighted by Gasteiger charge is -2.07. The maximum absolute atomic E-state index is 11.8. The van der Waals surface area contributed by atoms with Crippen LogP contribution >= 0.6 is 0 Å². The summed E-state index contributed by atoms with van der Waals surface area (Å²) in [6.07, 6.45) is 0. The second kappa shape index (κ2) is 5.07. The predicted molar refractivity (Wildman–Crippen MR) is 60.1 cm³/mol. The molecule has 0 bridgehead atoms. The number of nitrogens with zero attached hydrogens (tertiary/aromatic N) is 1. The summed E-state index contributed by atoms with van der Waals surface area (Å²) in [5.74, 6) is 0. The topological polar surface area (TPSA) is 96.0 Å². The van der Waals surface area contributed by atoms with E-state index < -0.39 is 10.0 Å². The quantitative estimate of drug-likeness (QED) is 0.779. The number of hydrogen-bond donors (Lipinski definition) is 2. The fourth-order valence-electron chi connectivity index (χ4n) is 1.22. The van der Waals surface area contributed by atoms with Gasteiger partial charge in [0.15, 0.2) is 0 Å². The molecule has 0 heterocycles. The lowest BCUT2D eigenvalue weighted by atomic mass is 10.2. The molecule has 0 amide bonds. The van der Waals surface area contributed by atoms with Crippen molar-refractivity contribution in [2.45, 2.75) is 11.8 Å². The Morgan fingerprint density at radius 1 is 1.50 bits per heavy atom. The number of sulfonamides is 1. The van der Waals surface area contributed by atoms with Crippen LogP contribution in [0.5, 0.6) is 0 Å². The summed E-state index contributed by atoms with van der Waals surface area (Å²) in [6.45, 7) is 2.14. The number of benzene rings is 1. The molecule has 0 fully saturated rings. The zero-order valence-electron chi connectivity index (χ0n) is 8.90. The van der Waals surface area contributed by atoms with Crippen LogP contribution in [0, 0.1) is 18.3 Å². The fraction of sp³-hybridized carbons (Fsp3) is 0.300. The van der Waals surface area contributed by atoms with Crippen LogP contribution in [0.15, 0.2) is 23.1 Å². The van der Waals surface area contributed by atoms with E-state index in [0.717, 1.165) is 5.56 Å². The Morgan fingerprint density at radius 2 is 2.19 bits per heavy atom. The van der Waals surface area contributed by atoms with Crippen molar-refractivity contribution in [1.29, 1.82) is 5.26 Å². The van der Waals surface area contributed by atoms with Crippen LogP contribution in [0.4, 0.5) is 0 Å². The van der Waals surface area contributed by atoms with E-state index in [9.17, 15) is 8.42 Å². The number of nitriles is 1. The van der Waals surface area contributed by atoms with Crippen LogP contribution in [0.3, 0.4) is 0 Å². The van der Waals surface area contributed by atoms with Crippen molar-refractivity contribution in [3.05, 3.63) is 29.3 Å². The van der Waals surface area contributed by atoms with E-state index in [2.05, 4.69) is 4.72 Å². The summed E-state index contributed by atoms with van der Waals surface area (Å²) in [4.78, 5) is 0.00319. The Balaban J connectivity index is 3.22. The molecule has 86 valence electrons. The van der Waals surface area contributed by atoms with Gasteiger partial charge >= 0.3 is 0 Å². The van der Waals surface area contributed by atoms with Crippen molar-refractivity contribution in [1.82, 2.24) is 4.72 Å². The first kappa shape index (κ1) is 12.6. The lowest BCUT2D eigenvalue weighted by molar-refractivity contribution is 0.582. The molecular formula is C10H13N3O2S. The summed E-state index contributed by atoms with van der Waals surface area (Å²) < 4.78 is 25.9. The van der Waals surface area contributed by atoms with Crippen molar-refractivity contribution >= 4 is 10.0 Å². The Morgan fingerprint density at radius 3 is 2.75 bits per heavy atom. The van der Waals surface area contributed by atoms with Gasteiger partial charge < -0.3 is 5.73 Å². The highest BCUT2D eigenvalue weighted by Crippen LogP contribution is 2.16. The van der Waals surface area contributed by atoms with Crippen LogP contribution in [0.1, 0.15) is 11.1 Å². The Bertz CT molecular complexity index is 517. The Labute approximate surface area is 94.9 Å². The maximum atomic E-state index is 11.8. The molecule has 0 aliphatic carbocycles. The molecule has 1 rings (SSSR count). The first-order chi connectivity index (χ1) is 7.51.